The first kappa shape index (κ1) is 26.5. The number of sulfonamides is 2. The highest BCUT2D eigenvalue weighted by Crippen LogP contribution is 2.33. The molecule has 6 N–H and O–H groups in total. The Hall–Kier alpha value is -5.08. The molecule has 0 aromatic heterocycles. The molecule has 5 rings (SSSR count). The number of hydrogen-bond acceptors (Lipinski definition) is 10. The molecule has 1 aliphatic carbocycles. The minimum atomic E-state index is -4.19. The third kappa shape index (κ3) is 4.88. The van der Waals surface area contributed by atoms with Crippen molar-refractivity contribution in [3.05, 3.63) is 107 Å². The molecule has 0 amide bonds. The number of aromatic hydroxyl groups is 2. The average molecular weight is 581 g/mol. The van der Waals surface area contributed by atoms with Crippen molar-refractivity contribution in [1.82, 2.24) is 0 Å². The average Bonchev–Trinajstić information content (AvgIpc) is 2.90. The number of phenols is 2. The molecule has 4 aromatic rings. The molecule has 1 aliphatic rings. The fraction of sp³-hybridized carbons (Fsp3) is 0. The molecule has 0 spiro atoms. The van der Waals surface area contributed by atoms with Crippen LogP contribution < -0.4 is 9.44 Å². The molecule has 0 fully saturated rings. The molecular weight excluding hydrogens is 560 g/mol. The third-order valence-electron chi connectivity index (χ3n) is 6.02. The van der Waals surface area contributed by atoms with Crippen LogP contribution in [0.25, 0.3) is 0 Å². The lowest BCUT2D eigenvalue weighted by Crippen LogP contribution is -2.24. The van der Waals surface area contributed by atoms with E-state index in [2.05, 4.69) is 19.8 Å². The van der Waals surface area contributed by atoms with Gasteiger partial charge in [0, 0.05) is 34.4 Å². The Labute approximate surface area is 228 Å². The Bertz CT molecular complexity index is 1810. The number of nitrogens with zero attached hydrogens (tertiary/aromatic N) is 2. The molecule has 12 nitrogen and oxygen atoms in total. The first-order chi connectivity index (χ1) is 19.0. The van der Waals surface area contributed by atoms with Gasteiger partial charge in [0.1, 0.15) is 22.9 Å². The highest BCUT2D eigenvalue weighted by Gasteiger charge is 2.31. The Morgan fingerprint density at radius 3 is 1.30 bits per heavy atom. The maximum Gasteiger partial charge on any atom is 0.261 e. The summed E-state index contributed by atoms with van der Waals surface area (Å²) in [5, 5.41) is 45.7. The monoisotopic (exact) mass is 580 g/mol. The van der Waals surface area contributed by atoms with E-state index >= 15 is 0 Å². The van der Waals surface area contributed by atoms with E-state index in [0.717, 1.165) is 0 Å². The van der Waals surface area contributed by atoms with Crippen LogP contribution in [0.1, 0.15) is 22.3 Å². The molecule has 0 unspecified atom stereocenters. The van der Waals surface area contributed by atoms with Crippen LogP contribution in [0.4, 0.5) is 11.4 Å². The molecule has 0 aliphatic heterocycles. The van der Waals surface area contributed by atoms with Gasteiger partial charge in [-0.05, 0) is 48.5 Å². The first-order valence-electron chi connectivity index (χ1n) is 11.4. The summed E-state index contributed by atoms with van der Waals surface area (Å²) in [5.74, 6) is -0.296. The van der Waals surface area contributed by atoms with Gasteiger partial charge in [0.2, 0.25) is 0 Å². The molecule has 204 valence electrons. The third-order valence-corrected chi connectivity index (χ3v) is 8.78. The zero-order valence-corrected chi connectivity index (χ0v) is 21.8. The van der Waals surface area contributed by atoms with Gasteiger partial charge >= 0.3 is 0 Å². The summed E-state index contributed by atoms with van der Waals surface area (Å²) < 4.78 is 57.1. The lowest BCUT2D eigenvalue weighted by atomic mass is 9.83. The molecule has 0 radical (unpaired) electrons. The second kappa shape index (κ2) is 9.91. The smallest absolute Gasteiger partial charge is 0.261 e. The van der Waals surface area contributed by atoms with Crippen LogP contribution >= 0.6 is 0 Å². The van der Waals surface area contributed by atoms with Crippen LogP contribution in [0.2, 0.25) is 0 Å². The topological polar surface area (TPSA) is 198 Å². The van der Waals surface area contributed by atoms with Gasteiger partial charge in [0.15, 0.2) is 0 Å². The van der Waals surface area contributed by atoms with Gasteiger partial charge in [-0.3, -0.25) is 9.44 Å². The highest BCUT2D eigenvalue weighted by molar-refractivity contribution is 7.93. The molecule has 0 bridgehead atoms. The second-order valence-electron chi connectivity index (χ2n) is 8.62. The Morgan fingerprint density at radius 2 is 0.925 bits per heavy atom. The van der Waals surface area contributed by atoms with Crippen LogP contribution in [0.5, 0.6) is 11.5 Å². The molecule has 4 aromatic carbocycles. The zero-order valence-electron chi connectivity index (χ0n) is 20.2. The number of rotatable bonds is 6. The van der Waals surface area contributed by atoms with Gasteiger partial charge in [0.25, 0.3) is 20.0 Å². The molecular formula is C26H20N4O8S2. The van der Waals surface area contributed by atoms with E-state index in [1.54, 1.807) is 0 Å². The Morgan fingerprint density at radius 1 is 0.525 bits per heavy atom. The van der Waals surface area contributed by atoms with Crippen molar-refractivity contribution in [2.24, 2.45) is 10.3 Å². The minimum absolute atomic E-state index is 0.00724. The van der Waals surface area contributed by atoms with Crippen molar-refractivity contribution in [2.75, 3.05) is 9.44 Å². The summed E-state index contributed by atoms with van der Waals surface area (Å²) in [6.45, 7) is 0. The molecule has 0 heterocycles. The van der Waals surface area contributed by atoms with E-state index in [1.165, 1.54) is 84.9 Å². The van der Waals surface area contributed by atoms with Crippen molar-refractivity contribution < 1.29 is 37.5 Å². The first-order valence-corrected chi connectivity index (χ1v) is 14.4. The summed E-state index contributed by atoms with van der Waals surface area (Å²) in [6.07, 6.45) is 0. The van der Waals surface area contributed by atoms with Crippen molar-refractivity contribution in [3.63, 3.8) is 0 Å². The lowest BCUT2D eigenvalue weighted by molar-refractivity contribution is 0.318. The van der Waals surface area contributed by atoms with Gasteiger partial charge in [-0.25, -0.2) is 16.8 Å². The molecule has 0 saturated carbocycles. The summed E-state index contributed by atoms with van der Waals surface area (Å²) in [7, 11) is -8.39. The quantitative estimate of drug-likeness (QED) is 0.130. The molecule has 0 atom stereocenters. The summed E-state index contributed by atoms with van der Waals surface area (Å²) in [4.78, 5) is -0.489. The van der Waals surface area contributed by atoms with Gasteiger partial charge < -0.3 is 20.6 Å². The van der Waals surface area contributed by atoms with Gasteiger partial charge in [0.05, 0.1) is 21.2 Å². The standard InChI is InChI=1S/C26H20N4O8S2/c31-17-5-1-3-15(11-17)29-39(35,36)19-7-9-21-23(13-19)26(28-34)24-14-20(8-10-22(24)25(21)27-33)40(37,38)30-16-4-2-6-18(32)12-16/h1-14,29-34H. The summed E-state index contributed by atoms with van der Waals surface area (Å²) >= 11 is 0. The van der Waals surface area contributed by atoms with Gasteiger partial charge in [-0.15, -0.1) is 0 Å². The van der Waals surface area contributed by atoms with Crippen LogP contribution in [0.3, 0.4) is 0 Å². The van der Waals surface area contributed by atoms with E-state index < -0.39 is 20.0 Å². The largest absolute Gasteiger partial charge is 0.508 e. The van der Waals surface area contributed by atoms with Crippen LogP contribution in [-0.4, -0.2) is 48.9 Å². The van der Waals surface area contributed by atoms with E-state index in [4.69, 9.17) is 0 Å². The van der Waals surface area contributed by atoms with Crippen LogP contribution in [0.15, 0.2) is 105 Å². The predicted octanol–water partition coefficient (Wildman–Crippen LogP) is 3.47. The number of benzene rings is 4. The number of nitrogens with one attached hydrogen (secondary N) is 2. The van der Waals surface area contributed by atoms with E-state index in [9.17, 15) is 37.5 Å². The van der Waals surface area contributed by atoms with Crippen molar-refractivity contribution in [1.29, 1.82) is 0 Å². The number of hydrogen-bond donors (Lipinski definition) is 6. The SMILES string of the molecule is O=S(=O)(Nc1cccc(O)c1)c1ccc2c(c1)C(=NO)c1cc(S(=O)(=O)Nc3cccc(O)c3)ccc1C2=NO. The highest BCUT2D eigenvalue weighted by atomic mass is 32.2. The van der Waals surface area contributed by atoms with Crippen molar-refractivity contribution in [2.45, 2.75) is 9.79 Å². The number of phenolic OH excluding ortho intramolecular Hbond substituents is 2. The van der Waals surface area contributed by atoms with E-state index in [1.807, 2.05) is 0 Å². The van der Waals surface area contributed by atoms with Crippen LogP contribution in [-0.2, 0) is 20.0 Å². The fourth-order valence-corrected chi connectivity index (χ4v) is 6.41. The van der Waals surface area contributed by atoms with E-state index in [0.29, 0.717) is 0 Å². The lowest BCUT2D eigenvalue weighted by Gasteiger charge is -2.23. The van der Waals surface area contributed by atoms with Gasteiger partial charge in [-0.2, -0.15) is 0 Å². The summed E-state index contributed by atoms with van der Waals surface area (Å²) in [6, 6.07) is 18.6. The normalized spacial score (nSPS) is 12.7. The van der Waals surface area contributed by atoms with Crippen molar-refractivity contribution >= 4 is 42.8 Å². The van der Waals surface area contributed by atoms with Gasteiger partial charge in [-0.1, -0.05) is 34.6 Å². The molecule has 0 saturated heterocycles. The number of anilines is 2. The minimum Gasteiger partial charge on any atom is -0.508 e. The maximum atomic E-state index is 13.1. The Kier molecular flexibility index (Phi) is 6.57. The number of oxime groups is 2. The maximum absolute atomic E-state index is 13.1. The summed E-state index contributed by atoms with van der Waals surface area (Å²) in [5.41, 5.74) is 0.597. The number of fused-ring (bicyclic) bond motifs is 2. The second-order valence-corrected chi connectivity index (χ2v) is 12.0. The predicted molar refractivity (Wildman–Crippen MR) is 146 cm³/mol. The fourth-order valence-electron chi connectivity index (χ4n) is 4.26. The zero-order chi connectivity index (χ0) is 28.7. The van der Waals surface area contributed by atoms with Crippen molar-refractivity contribution in [3.8, 4) is 11.5 Å². The van der Waals surface area contributed by atoms with E-state index in [-0.39, 0.29) is 66.3 Å². The molecule has 14 heteroatoms. The molecule has 40 heavy (non-hydrogen) atoms. The Balaban J connectivity index is 1.58. The van der Waals surface area contributed by atoms with Crippen LogP contribution in [0, 0.1) is 0 Å².